The van der Waals surface area contributed by atoms with E-state index in [1.165, 1.54) is 24.0 Å². The van der Waals surface area contributed by atoms with Gasteiger partial charge in [0.25, 0.3) is 5.56 Å². The summed E-state index contributed by atoms with van der Waals surface area (Å²) in [5.74, 6) is 0.225. The van der Waals surface area contributed by atoms with Gasteiger partial charge in [0.2, 0.25) is 5.91 Å². The predicted octanol–water partition coefficient (Wildman–Crippen LogP) is 1.17. The molecule has 5 nitrogen and oxygen atoms in total. The summed E-state index contributed by atoms with van der Waals surface area (Å²) in [5, 5.41) is 3.35. The fourth-order valence-electron chi connectivity index (χ4n) is 1.38. The summed E-state index contributed by atoms with van der Waals surface area (Å²) < 4.78 is 0. The zero-order valence-electron chi connectivity index (χ0n) is 10.0. The quantitative estimate of drug-likeness (QED) is 0.591. The molecule has 0 saturated heterocycles. The molecule has 0 unspecified atom stereocenters. The maximum absolute atomic E-state index is 11.5. The summed E-state index contributed by atoms with van der Waals surface area (Å²) in [6.45, 7) is 4.06. The van der Waals surface area contributed by atoms with Crippen molar-refractivity contribution in [2.24, 2.45) is 0 Å². The van der Waals surface area contributed by atoms with Gasteiger partial charge >= 0.3 is 0 Å². The van der Waals surface area contributed by atoms with E-state index in [9.17, 15) is 9.59 Å². The van der Waals surface area contributed by atoms with Crippen LogP contribution in [0.1, 0.15) is 26.7 Å². The summed E-state index contributed by atoms with van der Waals surface area (Å²) in [4.78, 5) is 29.0. The molecule has 1 aromatic heterocycles. The molecule has 0 aliphatic rings. The normalized spacial score (nSPS) is 12.1. The Bertz CT molecular complexity index is 419. The van der Waals surface area contributed by atoms with Crippen LogP contribution in [0.4, 0.5) is 0 Å². The van der Waals surface area contributed by atoms with Crippen LogP contribution in [0.3, 0.4) is 0 Å². The first-order chi connectivity index (χ1) is 8.11. The molecule has 1 amide bonds. The first kappa shape index (κ1) is 13.8. The highest BCUT2D eigenvalue weighted by atomic mass is 32.2. The number of nitrogens with one attached hydrogen (secondary N) is 2. The zero-order valence-corrected chi connectivity index (χ0v) is 10.8. The van der Waals surface area contributed by atoms with E-state index in [0.717, 1.165) is 12.8 Å². The lowest BCUT2D eigenvalue weighted by molar-refractivity contribution is -0.119. The van der Waals surface area contributed by atoms with Gasteiger partial charge in [-0.1, -0.05) is 25.1 Å². The second-order valence-electron chi connectivity index (χ2n) is 3.79. The fraction of sp³-hybridized carbons (Fsp3) is 0.545. The van der Waals surface area contributed by atoms with E-state index in [1.54, 1.807) is 0 Å². The topological polar surface area (TPSA) is 74.8 Å². The van der Waals surface area contributed by atoms with Crippen LogP contribution in [-0.2, 0) is 4.79 Å². The highest BCUT2D eigenvalue weighted by Gasteiger charge is 2.07. The highest BCUT2D eigenvalue weighted by Crippen LogP contribution is 2.09. The van der Waals surface area contributed by atoms with Crippen molar-refractivity contribution in [1.82, 2.24) is 15.3 Å². The Morgan fingerprint density at radius 2 is 2.41 bits per heavy atom. The van der Waals surface area contributed by atoms with Crippen LogP contribution in [0, 0.1) is 0 Å². The van der Waals surface area contributed by atoms with Crippen molar-refractivity contribution in [1.29, 1.82) is 0 Å². The average Bonchev–Trinajstić information content (AvgIpc) is 2.27. The molecule has 1 aromatic rings. The molecule has 0 aliphatic heterocycles. The zero-order chi connectivity index (χ0) is 12.7. The molecule has 0 radical (unpaired) electrons. The summed E-state index contributed by atoms with van der Waals surface area (Å²) in [7, 11) is 0. The van der Waals surface area contributed by atoms with Crippen LogP contribution < -0.4 is 10.9 Å². The van der Waals surface area contributed by atoms with Gasteiger partial charge in [-0.3, -0.25) is 9.59 Å². The van der Waals surface area contributed by atoms with Crippen LogP contribution in [0.5, 0.6) is 0 Å². The molecule has 2 N–H and O–H groups in total. The Hall–Kier alpha value is -1.30. The second-order valence-corrected chi connectivity index (χ2v) is 4.75. The van der Waals surface area contributed by atoms with E-state index in [-0.39, 0.29) is 23.3 Å². The van der Waals surface area contributed by atoms with Crippen molar-refractivity contribution in [3.05, 3.63) is 22.6 Å². The lowest BCUT2D eigenvalue weighted by atomic mass is 10.2. The first-order valence-corrected chi connectivity index (χ1v) is 6.58. The van der Waals surface area contributed by atoms with E-state index in [4.69, 9.17) is 0 Å². The molecule has 0 aliphatic carbocycles. The Morgan fingerprint density at radius 3 is 3.06 bits per heavy atom. The number of aromatic amines is 1. The fourth-order valence-corrected chi connectivity index (χ4v) is 2.04. The van der Waals surface area contributed by atoms with Crippen molar-refractivity contribution in [2.75, 3.05) is 5.75 Å². The third-order valence-electron chi connectivity index (χ3n) is 2.12. The number of hydrogen-bond donors (Lipinski definition) is 2. The third-order valence-corrected chi connectivity index (χ3v) is 3.00. The van der Waals surface area contributed by atoms with Gasteiger partial charge in [-0.25, -0.2) is 4.98 Å². The lowest BCUT2D eigenvalue weighted by Gasteiger charge is -2.11. The van der Waals surface area contributed by atoms with Gasteiger partial charge in [0.05, 0.1) is 5.75 Å². The molecular formula is C11H17N3O2S. The van der Waals surface area contributed by atoms with Gasteiger partial charge in [-0.2, -0.15) is 0 Å². The summed E-state index contributed by atoms with van der Waals surface area (Å²) in [5.41, 5.74) is -0.206. The maximum Gasteiger partial charge on any atom is 0.251 e. The van der Waals surface area contributed by atoms with Crippen molar-refractivity contribution in [3.8, 4) is 0 Å². The molecule has 6 heteroatoms. The second kappa shape index (κ2) is 7.11. The minimum absolute atomic E-state index is 0.0394. The number of hydrogen-bond acceptors (Lipinski definition) is 4. The number of amides is 1. The predicted molar refractivity (Wildman–Crippen MR) is 68.1 cm³/mol. The summed E-state index contributed by atoms with van der Waals surface area (Å²) in [6.07, 6.45) is 3.44. The molecule has 17 heavy (non-hydrogen) atoms. The molecule has 1 rings (SSSR count). The van der Waals surface area contributed by atoms with E-state index in [2.05, 4.69) is 22.2 Å². The van der Waals surface area contributed by atoms with Gasteiger partial charge in [-0.05, 0) is 13.3 Å². The monoisotopic (exact) mass is 255 g/mol. The van der Waals surface area contributed by atoms with Crippen LogP contribution in [0.2, 0.25) is 0 Å². The summed E-state index contributed by atoms with van der Waals surface area (Å²) >= 11 is 1.22. The third kappa shape index (κ3) is 5.53. The van der Waals surface area contributed by atoms with Gasteiger partial charge in [-0.15, -0.1) is 0 Å². The lowest BCUT2D eigenvalue weighted by Crippen LogP contribution is -2.33. The van der Waals surface area contributed by atoms with Gasteiger partial charge in [0, 0.05) is 18.3 Å². The minimum atomic E-state index is -0.206. The number of carbonyl (C=O) groups excluding carboxylic acids is 1. The van der Waals surface area contributed by atoms with Crippen molar-refractivity contribution in [2.45, 2.75) is 37.9 Å². The van der Waals surface area contributed by atoms with E-state index in [0.29, 0.717) is 5.16 Å². The molecule has 0 aromatic carbocycles. The van der Waals surface area contributed by atoms with Gasteiger partial charge < -0.3 is 10.3 Å². The van der Waals surface area contributed by atoms with E-state index >= 15 is 0 Å². The van der Waals surface area contributed by atoms with E-state index < -0.39 is 0 Å². The van der Waals surface area contributed by atoms with Crippen molar-refractivity contribution >= 4 is 17.7 Å². The van der Waals surface area contributed by atoms with Gasteiger partial charge in [0.1, 0.15) is 0 Å². The Balaban J connectivity index is 2.35. The van der Waals surface area contributed by atoms with Crippen molar-refractivity contribution < 1.29 is 4.79 Å². The minimum Gasteiger partial charge on any atom is -0.353 e. The number of thioether (sulfide) groups is 1. The average molecular weight is 255 g/mol. The van der Waals surface area contributed by atoms with Crippen LogP contribution >= 0.6 is 11.8 Å². The molecule has 0 spiro atoms. The standard InChI is InChI=1S/C11H17N3O2S/c1-3-4-8(2)13-10(16)7-17-11-12-6-5-9(15)14-11/h5-6,8H,3-4,7H2,1-2H3,(H,13,16)(H,12,14,15)/t8-/m1/s1. The van der Waals surface area contributed by atoms with Gasteiger partial charge in [0.15, 0.2) is 5.16 Å². The van der Waals surface area contributed by atoms with E-state index in [1.807, 2.05) is 6.92 Å². The van der Waals surface area contributed by atoms with Crippen LogP contribution in [0.25, 0.3) is 0 Å². The molecule has 0 bridgehead atoms. The number of aromatic nitrogens is 2. The number of nitrogens with zero attached hydrogens (tertiary/aromatic N) is 1. The Labute approximate surface area is 104 Å². The highest BCUT2D eigenvalue weighted by molar-refractivity contribution is 7.99. The summed E-state index contributed by atoms with van der Waals surface area (Å²) in [6, 6.07) is 1.53. The number of carbonyl (C=O) groups is 1. The number of H-pyrrole nitrogens is 1. The molecule has 1 atom stereocenters. The molecular weight excluding hydrogens is 238 g/mol. The Morgan fingerprint density at radius 1 is 1.65 bits per heavy atom. The number of rotatable bonds is 6. The Kier molecular flexibility index (Phi) is 5.76. The van der Waals surface area contributed by atoms with Crippen LogP contribution in [0.15, 0.2) is 22.2 Å². The molecule has 1 heterocycles. The smallest absolute Gasteiger partial charge is 0.251 e. The maximum atomic E-state index is 11.5. The first-order valence-electron chi connectivity index (χ1n) is 5.59. The van der Waals surface area contributed by atoms with Crippen molar-refractivity contribution in [3.63, 3.8) is 0 Å². The largest absolute Gasteiger partial charge is 0.353 e. The molecule has 0 fully saturated rings. The van der Waals surface area contributed by atoms with Crippen LogP contribution in [-0.4, -0.2) is 27.7 Å². The SMILES string of the molecule is CCC[C@@H](C)NC(=O)CSc1nccc(=O)[nH]1. The molecule has 0 saturated carbocycles. The molecule has 94 valence electrons.